The summed E-state index contributed by atoms with van der Waals surface area (Å²) in [6.45, 7) is 5.53. The summed E-state index contributed by atoms with van der Waals surface area (Å²) in [6, 6.07) is 0. The molecule has 17 heavy (non-hydrogen) atoms. The average Bonchev–Trinajstić information content (AvgIpc) is 2.33. The highest BCUT2D eigenvalue weighted by atomic mass is 16.5. The van der Waals surface area contributed by atoms with Gasteiger partial charge < -0.3 is 19.5 Å². The third kappa shape index (κ3) is 3.91. The fraction of sp³-hybridized carbons (Fsp3) is 1.00. The fourth-order valence-electron chi connectivity index (χ4n) is 2.98. The van der Waals surface area contributed by atoms with Crippen LogP contribution in [0.25, 0.3) is 0 Å². The normalized spacial score (nSPS) is 36.0. The monoisotopic (exact) mass is 243 g/mol. The van der Waals surface area contributed by atoms with Crippen LogP contribution in [0.1, 0.15) is 19.3 Å². The number of piperidine rings is 1. The summed E-state index contributed by atoms with van der Waals surface area (Å²) in [7, 11) is 1.78. The molecule has 2 saturated heterocycles. The number of likely N-dealkylation sites (tertiary alicyclic amines) is 1. The molecule has 1 N–H and O–H groups in total. The summed E-state index contributed by atoms with van der Waals surface area (Å²) in [5, 5.41) is 9.94. The van der Waals surface area contributed by atoms with Crippen LogP contribution in [0.5, 0.6) is 0 Å². The molecule has 0 aliphatic carbocycles. The van der Waals surface area contributed by atoms with Crippen LogP contribution < -0.4 is 0 Å². The van der Waals surface area contributed by atoms with Crippen molar-refractivity contribution in [3.8, 4) is 0 Å². The van der Waals surface area contributed by atoms with Crippen molar-refractivity contribution in [2.75, 3.05) is 46.6 Å². The number of hydrogen-bond donors (Lipinski definition) is 1. The van der Waals surface area contributed by atoms with E-state index in [1.165, 1.54) is 12.8 Å². The molecular formula is C13H25NO3. The second kappa shape index (κ2) is 6.69. The lowest BCUT2D eigenvalue weighted by Gasteiger charge is -2.37. The SMILES string of the molecule is COCC1CCCN(CC2COCCC2O)C1. The molecule has 0 aromatic carbocycles. The molecule has 3 atom stereocenters. The highest BCUT2D eigenvalue weighted by Gasteiger charge is 2.28. The molecule has 0 amide bonds. The van der Waals surface area contributed by atoms with Gasteiger partial charge in [0.1, 0.15) is 0 Å². The van der Waals surface area contributed by atoms with Gasteiger partial charge in [-0.25, -0.2) is 0 Å². The van der Waals surface area contributed by atoms with E-state index in [9.17, 15) is 5.11 Å². The molecule has 0 aromatic rings. The zero-order valence-electron chi connectivity index (χ0n) is 10.8. The van der Waals surface area contributed by atoms with Gasteiger partial charge in [-0.3, -0.25) is 0 Å². The topological polar surface area (TPSA) is 41.9 Å². The van der Waals surface area contributed by atoms with Gasteiger partial charge in [-0.15, -0.1) is 0 Å². The summed E-state index contributed by atoms with van der Waals surface area (Å²) in [5.41, 5.74) is 0. The van der Waals surface area contributed by atoms with E-state index >= 15 is 0 Å². The molecule has 2 aliphatic heterocycles. The molecule has 0 aromatic heterocycles. The second-order valence-electron chi connectivity index (χ2n) is 5.41. The van der Waals surface area contributed by atoms with Gasteiger partial charge in [-0.2, -0.15) is 0 Å². The lowest BCUT2D eigenvalue weighted by atomic mass is 9.94. The van der Waals surface area contributed by atoms with Crippen LogP contribution >= 0.6 is 0 Å². The molecule has 3 unspecified atom stereocenters. The van der Waals surface area contributed by atoms with Gasteiger partial charge >= 0.3 is 0 Å². The molecule has 0 saturated carbocycles. The summed E-state index contributed by atoms with van der Waals surface area (Å²) in [5.74, 6) is 0.959. The highest BCUT2D eigenvalue weighted by Crippen LogP contribution is 2.21. The number of ether oxygens (including phenoxy) is 2. The Morgan fingerprint density at radius 3 is 3.06 bits per heavy atom. The van der Waals surface area contributed by atoms with E-state index in [0.29, 0.717) is 25.0 Å². The molecule has 2 heterocycles. The standard InChI is InChI=1S/C13H25NO3/c1-16-9-11-3-2-5-14(7-11)8-12-10-17-6-4-13(12)15/h11-13,15H,2-10H2,1H3. The van der Waals surface area contributed by atoms with Gasteiger partial charge in [0.15, 0.2) is 0 Å². The van der Waals surface area contributed by atoms with Gasteiger partial charge in [0.25, 0.3) is 0 Å². The van der Waals surface area contributed by atoms with E-state index in [-0.39, 0.29) is 6.10 Å². The predicted molar refractivity (Wildman–Crippen MR) is 66.0 cm³/mol. The number of aliphatic hydroxyl groups is 1. The van der Waals surface area contributed by atoms with Crippen molar-refractivity contribution in [1.82, 2.24) is 4.90 Å². The zero-order valence-corrected chi connectivity index (χ0v) is 10.8. The minimum Gasteiger partial charge on any atom is -0.393 e. The first-order chi connectivity index (χ1) is 8.29. The van der Waals surface area contributed by atoms with Gasteiger partial charge in [0, 0.05) is 32.7 Å². The van der Waals surface area contributed by atoms with Crippen molar-refractivity contribution in [2.24, 2.45) is 11.8 Å². The number of methoxy groups -OCH3 is 1. The van der Waals surface area contributed by atoms with E-state index in [2.05, 4.69) is 4.90 Å². The number of rotatable bonds is 4. The molecule has 0 bridgehead atoms. The molecule has 0 spiro atoms. The molecule has 100 valence electrons. The van der Waals surface area contributed by atoms with Crippen molar-refractivity contribution in [2.45, 2.75) is 25.4 Å². The Morgan fingerprint density at radius 1 is 1.41 bits per heavy atom. The van der Waals surface area contributed by atoms with Crippen molar-refractivity contribution < 1.29 is 14.6 Å². The van der Waals surface area contributed by atoms with Crippen molar-refractivity contribution in [3.63, 3.8) is 0 Å². The Balaban J connectivity index is 1.77. The van der Waals surface area contributed by atoms with Crippen LogP contribution in [0.2, 0.25) is 0 Å². The van der Waals surface area contributed by atoms with E-state index in [4.69, 9.17) is 9.47 Å². The second-order valence-corrected chi connectivity index (χ2v) is 5.41. The highest BCUT2D eigenvalue weighted by molar-refractivity contribution is 4.79. The lowest BCUT2D eigenvalue weighted by molar-refractivity contribution is -0.0513. The Labute approximate surface area is 104 Å². The van der Waals surface area contributed by atoms with Gasteiger partial charge in [0.05, 0.1) is 19.3 Å². The van der Waals surface area contributed by atoms with Gasteiger partial charge in [-0.1, -0.05) is 0 Å². The maximum Gasteiger partial charge on any atom is 0.0624 e. The van der Waals surface area contributed by atoms with Gasteiger partial charge in [-0.05, 0) is 31.7 Å². The fourth-order valence-corrected chi connectivity index (χ4v) is 2.98. The number of nitrogens with zero attached hydrogens (tertiary/aromatic N) is 1. The first kappa shape index (κ1) is 13.3. The maximum atomic E-state index is 9.94. The van der Waals surface area contributed by atoms with E-state index < -0.39 is 0 Å². The van der Waals surface area contributed by atoms with Crippen LogP contribution in [0.4, 0.5) is 0 Å². The van der Waals surface area contributed by atoms with Crippen LogP contribution in [0.15, 0.2) is 0 Å². The van der Waals surface area contributed by atoms with E-state index in [1.807, 2.05) is 0 Å². The summed E-state index contributed by atoms with van der Waals surface area (Å²) in [4.78, 5) is 2.47. The third-order valence-electron chi connectivity index (χ3n) is 3.93. The quantitative estimate of drug-likeness (QED) is 0.791. The Morgan fingerprint density at radius 2 is 2.29 bits per heavy atom. The Hall–Kier alpha value is -0.160. The first-order valence-corrected chi connectivity index (χ1v) is 6.76. The van der Waals surface area contributed by atoms with E-state index in [1.54, 1.807) is 7.11 Å². The molecule has 4 nitrogen and oxygen atoms in total. The lowest BCUT2D eigenvalue weighted by Crippen LogP contribution is -2.45. The van der Waals surface area contributed by atoms with Crippen LogP contribution in [-0.2, 0) is 9.47 Å². The van der Waals surface area contributed by atoms with Gasteiger partial charge in [0.2, 0.25) is 0 Å². The number of aliphatic hydroxyl groups excluding tert-OH is 1. The Bertz CT molecular complexity index is 223. The largest absolute Gasteiger partial charge is 0.393 e. The van der Waals surface area contributed by atoms with Crippen molar-refractivity contribution >= 4 is 0 Å². The smallest absolute Gasteiger partial charge is 0.0624 e. The van der Waals surface area contributed by atoms with Crippen LogP contribution in [0.3, 0.4) is 0 Å². The maximum absolute atomic E-state index is 9.94. The molecule has 2 fully saturated rings. The number of hydrogen-bond acceptors (Lipinski definition) is 4. The predicted octanol–water partition coefficient (Wildman–Crippen LogP) is 0.742. The summed E-state index contributed by atoms with van der Waals surface area (Å²) >= 11 is 0. The molecule has 4 heteroatoms. The molecule has 2 rings (SSSR count). The summed E-state index contributed by atoms with van der Waals surface area (Å²) in [6.07, 6.45) is 3.14. The first-order valence-electron chi connectivity index (χ1n) is 6.76. The molecule has 2 aliphatic rings. The van der Waals surface area contributed by atoms with E-state index in [0.717, 1.165) is 32.7 Å². The molecular weight excluding hydrogens is 218 g/mol. The summed E-state index contributed by atoms with van der Waals surface area (Å²) < 4.78 is 10.7. The average molecular weight is 243 g/mol. The minimum atomic E-state index is -0.174. The Kier molecular flexibility index (Phi) is 5.22. The molecule has 0 radical (unpaired) electrons. The zero-order chi connectivity index (χ0) is 12.1. The van der Waals surface area contributed by atoms with Crippen molar-refractivity contribution in [3.05, 3.63) is 0 Å². The van der Waals surface area contributed by atoms with Crippen LogP contribution in [0, 0.1) is 11.8 Å². The van der Waals surface area contributed by atoms with Crippen LogP contribution in [-0.4, -0.2) is 62.7 Å². The third-order valence-corrected chi connectivity index (χ3v) is 3.93. The minimum absolute atomic E-state index is 0.174. The van der Waals surface area contributed by atoms with Crippen molar-refractivity contribution in [1.29, 1.82) is 0 Å².